The van der Waals surface area contributed by atoms with Gasteiger partial charge in [-0.3, -0.25) is 4.79 Å². The lowest BCUT2D eigenvalue weighted by Gasteiger charge is -2.32. The van der Waals surface area contributed by atoms with E-state index in [1.54, 1.807) is 6.92 Å². The average molecular weight is 340 g/mol. The Bertz CT molecular complexity index is 695. The van der Waals surface area contributed by atoms with Gasteiger partial charge in [0.05, 0.1) is 11.5 Å². The van der Waals surface area contributed by atoms with Crippen LogP contribution in [0.1, 0.15) is 32.3 Å². The van der Waals surface area contributed by atoms with Crippen LogP contribution in [0.15, 0.2) is 35.4 Å². The Labute approximate surface area is 137 Å². The summed E-state index contributed by atoms with van der Waals surface area (Å²) in [7, 11) is 0. The van der Waals surface area contributed by atoms with E-state index in [1.807, 2.05) is 6.92 Å². The number of nitrogens with one attached hydrogen (secondary N) is 1. The third kappa shape index (κ3) is 3.96. The van der Waals surface area contributed by atoms with Crippen LogP contribution in [0.25, 0.3) is 0 Å². The van der Waals surface area contributed by atoms with Gasteiger partial charge >= 0.3 is 6.18 Å². The fraction of sp³-hybridized carbons (Fsp3) is 0.412. The molecule has 0 unspecified atom stereocenters. The number of rotatable bonds is 3. The zero-order valence-corrected chi connectivity index (χ0v) is 13.2. The van der Waals surface area contributed by atoms with E-state index >= 15 is 0 Å². The molecular weight excluding hydrogens is 323 g/mol. The summed E-state index contributed by atoms with van der Waals surface area (Å²) < 4.78 is 38.2. The first-order valence-corrected chi connectivity index (χ1v) is 7.43. The lowest BCUT2D eigenvalue weighted by Crippen LogP contribution is -2.42. The van der Waals surface area contributed by atoms with Gasteiger partial charge in [0.25, 0.3) is 0 Å². The van der Waals surface area contributed by atoms with Gasteiger partial charge in [0.1, 0.15) is 0 Å². The van der Waals surface area contributed by atoms with Gasteiger partial charge in [-0.15, -0.1) is 0 Å². The van der Waals surface area contributed by atoms with Crippen LogP contribution in [0.5, 0.6) is 0 Å². The highest BCUT2D eigenvalue weighted by Crippen LogP contribution is 2.35. The summed E-state index contributed by atoms with van der Waals surface area (Å²) in [6, 6.07) is 4.24. The highest BCUT2D eigenvalue weighted by Gasteiger charge is 2.34. The summed E-state index contributed by atoms with van der Waals surface area (Å²) in [6.45, 7) is 3.61. The average Bonchev–Trinajstić information content (AvgIpc) is 2.48. The number of hydrogen-bond acceptors (Lipinski definition) is 3. The first kappa shape index (κ1) is 18.0. The molecule has 7 heteroatoms. The van der Waals surface area contributed by atoms with Crippen molar-refractivity contribution in [2.45, 2.75) is 32.9 Å². The van der Waals surface area contributed by atoms with Crippen LogP contribution in [0.3, 0.4) is 0 Å². The number of carbonyl (C=O) groups excluding carboxylic acids is 2. The number of carboxylic acid groups (broad SMARTS) is 1. The van der Waals surface area contributed by atoms with Crippen molar-refractivity contribution in [1.82, 2.24) is 0 Å². The summed E-state index contributed by atoms with van der Waals surface area (Å²) in [5.74, 6) is -3.80. The third-order valence-corrected chi connectivity index (χ3v) is 4.36. The van der Waals surface area contributed by atoms with Crippen molar-refractivity contribution < 1.29 is 27.9 Å². The Morgan fingerprint density at radius 3 is 2.25 bits per heavy atom. The van der Waals surface area contributed by atoms with E-state index < -0.39 is 35.5 Å². The normalized spacial score (nSPS) is 21.5. The summed E-state index contributed by atoms with van der Waals surface area (Å²) in [6.07, 6.45) is -4.07. The number of aliphatic carboxylic acids is 1. The van der Waals surface area contributed by atoms with Gasteiger partial charge in [0.15, 0.2) is 0 Å². The molecule has 1 N–H and O–H groups in total. The Morgan fingerprint density at radius 1 is 1.12 bits per heavy atom. The molecule has 0 saturated carbocycles. The second-order valence-corrected chi connectivity index (χ2v) is 6.07. The molecule has 1 aromatic carbocycles. The van der Waals surface area contributed by atoms with Gasteiger partial charge in [0.2, 0.25) is 5.91 Å². The van der Waals surface area contributed by atoms with Crippen molar-refractivity contribution >= 4 is 17.6 Å². The molecule has 0 spiro atoms. The van der Waals surface area contributed by atoms with Crippen LogP contribution in [-0.4, -0.2) is 11.9 Å². The van der Waals surface area contributed by atoms with Gasteiger partial charge in [0, 0.05) is 17.6 Å². The molecular formula is C17H17F3NO3-. The van der Waals surface area contributed by atoms with Crippen molar-refractivity contribution in [3.8, 4) is 0 Å². The molecule has 1 aliphatic carbocycles. The summed E-state index contributed by atoms with van der Waals surface area (Å²) in [5.41, 5.74) is 0.909. The van der Waals surface area contributed by atoms with Crippen LogP contribution in [0.4, 0.5) is 18.9 Å². The summed E-state index contributed by atoms with van der Waals surface area (Å²) in [5, 5.41) is 13.7. The number of carboxylic acids is 1. The Hall–Kier alpha value is -2.31. The lowest BCUT2D eigenvalue weighted by atomic mass is 9.76. The molecule has 1 aromatic rings. The first-order valence-electron chi connectivity index (χ1n) is 7.43. The lowest BCUT2D eigenvalue weighted by molar-refractivity contribution is -0.313. The summed E-state index contributed by atoms with van der Waals surface area (Å²) >= 11 is 0. The maximum absolute atomic E-state index is 12.7. The van der Waals surface area contributed by atoms with Crippen molar-refractivity contribution in [3.05, 3.63) is 41.0 Å². The number of allylic oxidation sites excluding steroid dienone is 2. The number of anilines is 1. The highest BCUT2D eigenvalue weighted by atomic mass is 19.4. The number of amides is 1. The van der Waals surface area contributed by atoms with E-state index in [4.69, 9.17) is 0 Å². The van der Waals surface area contributed by atoms with Crippen LogP contribution in [0, 0.1) is 11.8 Å². The van der Waals surface area contributed by atoms with Crippen LogP contribution < -0.4 is 10.4 Å². The second-order valence-electron chi connectivity index (χ2n) is 6.07. The smallest absolute Gasteiger partial charge is 0.416 e. The molecule has 0 aliphatic heterocycles. The topological polar surface area (TPSA) is 69.2 Å². The molecule has 0 aromatic heterocycles. The fourth-order valence-corrected chi connectivity index (χ4v) is 2.82. The van der Waals surface area contributed by atoms with E-state index in [-0.39, 0.29) is 18.5 Å². The zero-order valence-electron chi connectivity index (χ0n) is 13.2. The van der Waals surface area contributed by atoms with E-state index in [9.17, 15) is 27.9 Å². The fourth-order valence-electron chi connectivity index (χ4n) is 2.82. The second kappa shape index (κ2) is 6.67. The quantitative estimate of drug-likeness (QED) is 0.860. The summed E-state index contributed by atoms with van der Waals surface area (Å²) in [4.78, 5) is 23.7. The first-order chi connectivity index (χ1) is 11.1. The molecule has 4 nitrogen and oxygen atoms in total. The van der Waals surface area contributed by atoms with Crippen molar-refractivity contribution in [3.63, 3.8) is 0 Å². The Balaban J connectivity index is 2.21. The SMILES string of the molecule is CC1=C(C)C[C@H](C(=O)Nc2cccc(C(F)(F)F)c2)[C@@H](C(=O)[O-])C1. The van der Waals surface area contributed by atoms with Crippen molar-refractivity contribution in [2.75, 3.05) is 5.32 Å². The Morgan fingerprint density at radius 2 is 1.71 bits per heavy atom. The minimum Gasteiger partial charge on any atom is -0.550 e. The van der Waals surface area contributed by atoms with Crippen molar-refractivity contribution in [2.24, 2.45) is 11.8 Å². The van der Waals surface area contributed by atoms with Crippen LogP contribution >= 0.6 is 0 Å². The van der Waals surface area contributed by atoms with Crippen molar-refractivity contribution in [1.29, 1.82) is 0 Å². The molecule has 0 heterocycles. The van der Waals surface area contributed by atoms with E-state index in [1.165, 1.54) is 12.1 Å². The number of alkyl halides is 3. The molecule has 0 fully saturated rings. The van der Waals surface area contributed by atoms with Gasteiger partial charge in [-0.1, -0.05) is 17.2 Å². The monoisotopic (exact) mass is 340 g/mol. The largest absolute Gasteiger partial charge is 0.550 e. The molecule has 1 amide bonds. The minimum atomic E-state index is -4.52. The highest BCUT2D eigenvalue weighted by molar-refractivity contribution is 5.95. The molecule has 0 saturated heterocycles. The van der Waals surface area contributed by atoms with E-state index in [0.717, 1.165) is 23.3 Å². The van der Waals surface area contributed by atoms with E-state index in [0.29, 0.717) is 0 Å². The number of benzene rings is 1. The maximum Gasteiger partial charge on any atom is 0.416 e. The predicted molar refractivity (Wildman–Crippen MR) is 79.7 cm³/mol. The van der Waals surface area contributed by atoms with Gasteiger partial charge in [-0.2, -0.15) is 13.2 Å². The molecule has 1 aliphatic rings. The van der Waals surface area contributed by atoms with Gasteiger partial charge in [-0.05, 0) is 44.9 Å². The van der Waals surface area contributed by atoms with E-state index in [2.05, 4.69) is 5.32 Å². The maximum atomic E-state index is 12.7. The third-order valence-electron chi connectivity index (χ3n) is 4.36. The Kier molecular flexibility index (Phi) is 5.01. The van der Waals surface area contributed by atoms with Crippen LogP contribution in [-0.2, 0) is 15.8 Å². The number of halogens is 3. The molecule has 0 radical (unpaired) electrons. The molecule has 2 rings (SSSR count). The van der Waals surface area contributed by atoms with Gasteiger partial charge < -0.3 is 15.2 Å². The minimum absolute atomic E-state index is 0.0177. The standard InChI is InChI=1S/C17H18F3NO3/c1-9-6-13(14(16(23)24)7-10(9)2)15(22)21-12-5-3-4-11(8-12)17(18,19)20/h3-5,8,13-14H,6-7H2,1-2H3,(H,21,22)(H,23,24)/p-1/t13-,14-/m0/s1. The molecule has 2 atom stereocenters. The molecule has 0 bridgehead atoms. The molecule has 130 valence electrons. The van der Waals surface area contributed by atoms with Gasteiger partial charge in [-0.25, -0.2) is 0 Å². The number of carbonyl (C=O) groups is 2. The van der Waals surface area contributed by atoms with Crippen LogP contribution in [0.2, 0.25) is 0 Å². The molecule has 24 heavy (non-hydrogen) atoms. The predicted octanol–water partition coefficient (Wildman–Crippen LogP) is 2.76. The zero-order chi connectivity index (χ0) is 18.1. The number of hydrogen-bond donors (Lipinski definition) is 1.